The maximum Gasteiger partial charge on any atom is 0.237 e. The van der Waals surface area contributed by atoms with Crippen LogP contribution in [0.4, 0.5) is 19.7 Å². The first-order chi connectivity index (χ1) is 15.1. The van der Waals surface area contributed by atoms with Gasteiger partial charge in [-0.05, 0) is 38.8 Å². The summed E-state index contributed by atoms with van der Waals surface area (Å²) in [5, 5.41) is 3.79. The predicted octanol–water partition coefficient (Wildman–Crippen LogP) is 3.70. The summed E-state index contributed by atoms with van der Waals surface area (Å²) in [6, 6.07) is 2.32. The van der Waals surface area contributed by atoms with Gasteiger partial charge in [-0.1, -0.05) is 0 Å². The number of nitrogens with zero attached hydrogens (tertiary/aromatic N) is 3. The predicted molar refractivity (Wildman–Crippen MR) is 117 cm³/mol. The second-order valence-corrected chi connectivity index (χ2v) is 10.7. The number of nitrogens with one attached hydrogen (secondary N) is 2. The standard InChI is InChI=1S/C20H19F2N5O3S2/c1-20(2,16-10-31-19(25-16)27-32(29,30)14-3-4-14)18(28)26-17-15(22)6-12(8-24-17)11-5-13(21)9-23-7-11/h5-10,14H,3-4H2,1-2H3,(H,25,27)(H,24,26,28). The Kier molecular flexibility index (Phi) is 5.67. The molecule has 1 amide bonds. The molecule has 3 heterocycles. The quantitative estimate of drug-likeness (QED) is 0.534. The molecule has 0 bridgehead atoms. The second kappa shape index (κ2) is 8.17. The van der Waals surface area contributed by atoms with Crippen molar-refractivity contribution in [3.05, 3.63) is 53.4 Å². The molecule has 0 radical (unpaired) electrons. The van der Waals surface area contributed by atoms with E-state index in [1.165, 1.54) is 18.5 Å². The molecule has 0 unspecified atom stereocenters. The Balaban J connectivity index is 1.49. The van der Waals surface area contributed by atoms with Crippen LogP contribution in [0.5, 0.6) is 0 Å². The number of hydrogen-bond donors (Lipinski definition) is 2. The van der Waals surface area contributed by atoms with E-state index in [0.29, 0.717) is 29.7 Å². The van der Waals surface area contributed by atoms with Crippen molar-refractivity contribution in [1.82, 2.24) is 15.0 Å². The fourth-order valence-electron chi connectivity index (χ4n) is 2.83. The van der Waals surface area contributed by atoms with E-state index in [1.54, 1.807) is 19.2 Å². The van der Waals surface area contributed by atoms with Gasteiger partial charge in [0.15, 0.2) is 16.8 Å². The smallest absolute Gasteiger partial charge is 0.237 e. The van der Waals surface area contributed by atoms with Crippen molar-refractivity contribution < 1.29 is 22.0 Å². The van der Waals surface area contributed by atoms with Gasteiger partial charge in [0.1, 0.15) is 5.82 Å². The number of hydrogen-bond acceptors (Lipinski definition) is 7. The first kappa shape index (κ1) is 22.2. The van der Waals surface area contributed by atoms with Crippen LogP contribution in [0.25, 0.3) is 11.1 Å². The van der Waals surface area contributed by atoms with Crippen LogP contribution in [0.15, 0.2) is 36.1 Å². The zero-order valence-corrected chi connectivity index (χ0v) is 18.7. The van der Waals surface area contributed by atoms with Gasteiger partial charge in [-0.25, -0.2) is 27.2 Å². The topological polar surface area (TPSA) is 114 Å². The molecule has 168 valence electrons. The maximum atomic E-state index is 14.6. The lowest BCUT2D eigenvalue weighted by molar-refractivity contribution is -0.120. The number of carbonyl (C=O) groups is 1. The van der Waals surface area contributed by atoms with Crippen LogP contribution in [0.3, 0.4) is 0 Å². The molecule has 3 aromatic heterocycles. The van der Waals surface area contributed by atoms with Gasteiger partial charge in [0.25, 0.3) is 0 Å². The SMILES string of the molecule is CC(C)(C(=O)Nc1ncc(-c2cncc(F)c2)cc1F)c1csc(NS(=O)(=O)C2CC2)n1. The first-order valence-electron chi connectivity index (χ1n) is 9.62. The summed E-state index contributed by atoms with van der Waals surface area (Å²) >= 11 is 1.07. The highest BCUT2D eigenvalue weighted by molar-refractivity contribution is 7.93. The summed E-state index contributed by atoms with van der Waals surface area (Å²) in [4.78, 5) is 24.7. The van der Waals surface area contributed by atoms with Crippen molar-refractivity contribution in [2.24, 2.45) is 0 Å². The van der Waals surface area contributed by atoms with Crippen molar-refractivity contribution in [2.45, 2.75) is 37.4 Å². The molecule has 1 fully saturated rings. The number of halogens is 2. The van der Waals surface area contributed by atoms with E-state index in [2.05, 4.69) is 25.0 Å². The van der Waals surface area contributed by atoms with Gasteiger partial charge >= 0.3 is 0 Å². The van der Waals surface area contributed by atoms with Gasteiger partial charge in [-0.15, -0.1) is 11.3 Å². The van der Waals surface area contributed by atoms with E-state index < -0.39 is 38.2 Å². The third-order valence-corrected chi connectivity index (χ3v) is 7.73. The van der Waals surface area contributed by atoms with Crippen LogP contribution in [0, 0.1) is 11.6 Å². The minimum atomic E-state index is -3.47. The van der Waals surface area contributed by atoms with Gasteiger partial charge < -0.3 is 5.32 Å². The molecular formula is C20H19F2N5O3S2. The molecule has 0 aliphatic heterocycles. The Morgan fingerprint density at radius 2 is 1.88 bits per heavy atom. The van der Waals surface area contributed by atoms with Crippen molar-refractivity contribution in [1.29, 1.82) is 0 Å². The molecular weight excluding hydrogens is 460 g/mol. The van der Waals surface area contributed by atoms with E-state index in [1.807, 2.05) is 0 Å². The largest absolute Gasteiger partial charge is 0.307 e. The lowest BCUT2D eigenvalue weighted by Crippen LogP contribution is -2.35. The molecule has 1 aliphatic rings. The average Bonchev–Trinajstić information content (AvgIpc) is 3.50. The molecule has 2 N–H and O–H groups in total. The fraction of sp³-hybridized carbons (Fsp3) is 0.300. The van der Waals surface area contributed by atoms with Crippen LogP contribution in [-0.4, -0.2) is 34.5 Å². The molecule has 0 spiro atoms. The van der Waals surface area contributed by atoms with Crippen molar-refractivity contribution in [3.8, 4) is 11.1 Å². The van der Waals surface area contributed by atoms with Crippen LogP contribution >= 0.6 is 11.3 Å². The number of rotatable bonds is 7. The highest BCUT2D eigenvalue weighted by Crippen LogP contribution is 2.33. The molecule has 0 saturated heterocycles. The van der Waals surface area contributed by atoms with E-state index in [9.17, 15) is 22.0 Å². The molecule has 0 aromatic carbocycles. The number of pyridine rings is 2. The number of anilines is 2. The molecule has 32 heavy (non-hydrogen) atoms. The maximum absolute atomic E-state index is 14.6. The van der Waals surface area contributed by atoms with E-state index in [4.69, 9.17) is 0 Å². The van der Waals surface area contributed by atoms with Crippen molar-refractivity contribution in [3.63, 3.8) is 0 Å². The van der Waals surface area contributed by atoms with Crippen LogP contribution < -0.4 is 10.0 Å². The van der Waals surface area contributed by atoms with Crippen LogP contribution in [-0.2, 0) is 20.2 Å². The van der Waals surface area contributed by atoms with Gasteiger partial charge in [-0.3, -0.25) is 14.5 Å². The zero-order valence-electron chi connectivity index (χ0n) is 17.1. The third-order valence-electron chi connectivity index (χ3n) is 5.02. The van der Waals surface area contributed by atoms with Gasteiger partial charge in [0.05, 0.1) is 22.6 Å². The number of sulfonamides is 1. The summed E-state index contributed by atoms with van der Waals surface area (Å²) in [6.07, 6.45) is 4.95. The number of aromatic nitrogens is 3. The Morgan fingerprint density at radius 3 is 2.53 bits per heavy atom. The highest BCUT2D eigenvalue weighted by Gasteiger charge is 2.37. The fourth-order valence-corrected chi connectivity index (χ4v) is 5.30. The lowest BCUT2D eigenvalue weighted by Gasteiger charge is -2.21. The molecule has 0 atom stereocenters. The minimum absolute atomic E-state index is 0.171. The molecule has 8 nitrogen and oxygen atoms in total. The molecule has 1 aliphatic carbocycles. The third kappa shape index (κ3) is 4.60. The number of amides is 1. The van der Waals surface area contributed by atoms with E-state index in [-0.39, 0.29) is 10.9 Å². The Morgan fingerprint density at radius 1 is 1.16 bits per heavy atom. The normalized spacial score (nSPS) is 14.2. The Bertz CT molecular complexity index is 1290. The number of thiazole rings is 1. The highest BCUT2D eigenvalue weighted by atomic mass is 32.2. The first-order valence-corrected chi connectivity index (χ1v) is 12.0. The lowest BCUT2D eigenvalue weighted by atomic mass is 9.89. The summed E-state index contributed by atoms with van der Waals surface area (Å²) in [5.74, 6) is -2.23. The zero-order chi connectivity index (χ0) is 23.1. The summed E-state index contributed by atoms with van der Waals surface area (Å²) in [5.41, 5.74) is -0.215. The Labute approximate surface area is 187 Å². The summed E-state index contributed by atoms with van der Waals surface area (Å²) < 4.78 is 54.5. The number of carbonyl (C=O) groups excluding carboxylic acids is 1. The van der Waals surface area contributed by atoms with Gasteiger partial charge in [-0.2, -0.15) is 0 Å². The van der Waals surface area contributed by atoms with Gasteiger partial charge in [0, 0.05) is 28.9 Å². The summed E-state index contributed by atoms with van der Waals surface area (Å²) in [7, 11) is -3.47. The Hall–Kier alpha value is -2.99. The van der Waals surface area contributed by atoms with E-state index in [0.717, 1.165) is 23.6 Å². The van der Waals surface area contributed by atoms with Crippen LogP contribution in [0.2, 0.25) is 0 Å². The molecule has 3 aromatic rings. The van der Waals surface area contributed by atoms with Gasteiger partial charge in [0.2, 0.25) is 15.9 Å². The molecule has 12 heteroatoms. The van der Waals surface area contributed by atoms with E-state index >= 15 is 0 Å². The summed E-state index contributed by atoms with van der Waals surface area (Å²) in [6.45, 7) is 3.17. The molecule has 1 saturated carbocycles. The second-order valence-electron chi connectivity index (χ2n) is 7.91. The average molecular weight is 480 g/mol. The monoisotopic (exact) mass is 479 g/mol. The van der Waals surface area contributed by atoms with Crippen molar-refractivity contribution >= 4 is 38.2 Å². The minimum Gasteiger partial charge on any atom is -0.307 e. The van der Waals surface area contributed by atoms with Crippen LogP contribution in [0.1, 0.15) is 32.4 Å². The van der Waals surface area contributed by atoms with Crippen molar-refractivity contribution in [2.75, 3.05) is 10.0 Å². The molecule has 4 rings (SSSR count).